The van der Waals surface area contributed by atoms with Gasteiger partial charge in [0.05, 0.1) is 44.7 Å². The maximum absolute atomic E-state index is 6.18. The van der Waals surface area contributed by atoms with Crippen LogP contribution in [0.1, 0.15) is 0 Å². The molecular weight excluding hydrogens is 1810 g/mol. The lowest BCUT2D eigenvalue weighted by molar-refractivity contribution is 0.669. The van der Waals surface area contributed by atoms with E-state index >= 15 is 0 Å². The first kappa shape index (κ1) is 82.3. The molecule has 0 aliphatic heterocycles. The normalized spacial score (nSPS) is 12.2. The maximum atomic E-state index is 6.18. The van der Waals surface area contributed by atoms with Gasteiger partial charge in [-0.1, -0.05) is 370 Å². The van der Waals surface area contributed by atoms with E-state index in [4.69, 9.17) is 4.42 Å². The van der Waals surface area contributed by atoms with E-state index in [0.717, 1.165) is 27.6 Å². The van der Waals surface area contributed by atoms with Crippen molar-refractivity contribution in [3.63, 3.8) is 0 Å². The largest absolute Gasteiger partial charge is 0.456 e. The molecule has 0 atom stereocenters. The molecule has 684 valence electrons. The first-order valence-corrected chi connectivity index (χ1v) is 51.9. The Morgan fingerprint density at radius 1 is 0.149 bits per heavy atom. The van der Waals surface area contributed by atoms with Crippen LogP contribution in [0.4, 0.5) is 0 Å². The molecular formula is C142H84N4OS. The quantitative estimate of drug-likeness (QED) is 0.133. The Hall–Kier alpha value is -19.2. The van der Waals surface area contributed by atoms with Crippen molar-refractivity contribution in [1.82, 2.24) is 18.3 Å². The van der Waals surface area contributed by atoms with Crippen molar-refractivity contribution < 1.29 is 4.42 Å². The minimum atomic E-state index is 0.911. The average molecular weight is 1890 g/mol. The Morgan fingerprint density at radius 3 is 1.11 bits per heavy atom. The Bertz CT molecular complexity index is 11100. The first-order valence-electron chi connectivity index (χ1n) is 51.0. The van der Waals surface area contributed by atoms with E-state index in [1.807, 2.05) is 23.5 Å². The monoisotopic (exact) mass is 1890 g/mol. The Balaban J connectivity index is 0.0000000994. The lowest BCUT2D eigenvalue weighted by atomic mass is 9.94. The summed E-state index contributed by atoms with van der Waals surface area (Å²) in [6.07, 6.45) is 0. The molecule has 0 saturated carbocycles. The molecule has 0 fully saturated rings. The number of benzene rings is 25. The van der Waals surface area contributed by atoms with E-state index < -0.39 is 0 Å². The van der Waals surface area contributed by atoms with Crippen LogP contribution in [0.3, 0.4) is 0 Å². The van der Waals surface area contributed by atoms with Crippen LogP contribution >= 0.6 is 11.3 Å². The van der Waals surface area contributed by atoms with Crippen molar-refractivity contribution in [3.05, 3.63) is 510 Å². The second-order valence-corrected chi connectivity index (χ2v) is 41.0. The third-order valence-electron chi connectivity index (χ3n) is 32.0. The molecule has 0 radical (unpaired) electrons. The number of para-hydroxylation sites is 3. The molecule has 148 heavy (non-hydrogen) atoms. The fraction of sp³-hybridized carbons (Fsp3) is 0. The van der Waals surface area contributed by atoms with Gasteiger partial charge in [0, 0.05) is 114 Å². The third-order valence-corrected chi connectivity index (χ3v) is 33.1. The highest BCUT2D eigenvalue weighted by atomic mass is 32.1. The molecule has 34 rings (SSSR count). The number of hydrogen-bond donors (Lipinski definition) is 0. The van der Waals surface area contributed by atoms with Crippen LogP contribution in [0, 0.1) is 0 Å². The van der Waals surface area contributed by atoms with E-state index in [2.05, 4.69) is 516 Å². The third kappa shape index (κ3) is 12.4. The van der Waals surface area contributed by atoms with Gasteiger partial charge in [-0.15, -0.1) is 11.3 Å². The van der Waals surface area contributed by atoms with Crippen LogP contribution in [-0.2, 0) is 0 Å². The minimum absolute atomic E-state index is 0.911. The number of furan rings is 1. The highest BCUT2D eigenvalue weighted by Crippen LogP contribution is 2.59. The van der Waals surface area contributed by atoms with Gasteiger partial charge in [-0.3, -0.25) is 0 Å². The summed E-state index contributed by atoms with van der Waals surface area (Å²) >= 11 is 1.87. The van der Waals surface area contributed by atoms with Crippen LogP contribution in [0.2, 0.25) is 0 Å². The number of rotatable bonds is 9. The summed E-state index contributed by atoms with van der Waals surface area (Å²) in [5.41, 5.74) is 40.3. The van der Waals surface area contributed by atoms with Gasteiger partial charge < -0.3 is 22.7 Å². The van der Waals surface area contributed by atoms with Crippen molar-refractivity contribution in [2.24, 2.45) is 0 Å². The lowest BCUT2D eigenvalue weighted by Gasteiger charge is -2.16. The molecule has 0 saturated heterocycles. The van der Waals surface area contributed by atoms with Gasteiger partial charge >= 0.3 is 0 Å². The van der Waals surface area contributed by atoms with Crippen molar-refractivity contribution in [3.8, 4) is 146 Å². The molecule has 6 heteroatoms. The van der Waals surface area contributed by atoms with Crippen LogP contribution < -0.4 is 0 Å². The maximum Gasteiger partial charge on any atom is 0.135 e. The number of thiophene rings is 1. The Morgan fingerprint density at radius 2 is 0.527 bits per heavy atom. The zero-order valence-electron chi connectivity index (χ0n) is 80.1. The molecule has 0 bridgehead atoms. The van der Waals surface area contributed by atoms with Crippen LogP contribution in [0.5, 0.6) is 0 Å². The molecule has 0 spiro atoms. The second-order valence-electron chi connectivity index (χ2n) is 39.9. The van der Waals surface area contributed by atoms with Gasteiger partial charge in [0.2, 0.25) is 0 Å². The van der Waals surface area contributed by atoms with Gasteiger partial charge in [-0.2, -0.15) is 0 Å². The molecule has 6 heterocycles. The summed E-state index contributed by atoms with van der Waals surface area (Å²) in [5.74, 6) is 0. The van der Waals surface area contributed by atoms with Crippen molar-refractivity contribution in [2.45, 2.75) is 0 Å². The average Bonchev–Trinajstić information content (AvgIpc) is 1.54. The topological polar surface area (TPSA) is 32.9 Å². The summed E-state index contributed by atoms with van der Waals surface area (Å²) < 4.78 is 18.8. The standard InChI is InChI=1S/C54H32N2.C48H29NO.C40H23NS/c1-2-14-36(15-3-1)55-49-23-9-8-20-43(49)47-30-34(24-28-50(47)55)35-25-29-51-48(31-35)53-44-21-10-12-33-13-11-22-45(52(33)44)54(53)56(51)37-26-27-42-40-18-5-4-16-38(40)39-17-6-7-19-41(39)46(42)32-37;1-3-11-30(12-4-1)35-25-36(31-13-5-2-6-14-31)27-37(26-35)49-43-29-34(33-22-24-45-42(28-33)38-17-7-8-20-44(38)50-45)21-23-39(43)47-40-18-9-15-32-16-10-19-41(46(32)40)48(47)49;1-2-8-26-21-29(18-15-24(26)7-1)41-35-19-16-27(28-17-20-37-33(22-28)30-11-3-4-14-36(30)42-37)23-34(35)39-31-12-5-9-25-10-6-13-32(38(25)31)40(39)41/h1-32H;1-29H;1-23H. The van der Waals surface area contributed by atoms with Crippen LogP contribution in [0.15, 0.2) is 514 Å². The van der Waals surface area contributed by atoms with Crippen LogP contribution in [0.25, 0.3) is 318 Å². The van der Waals surface area contributed by atoms with Crippen LogP contribution in [-0.4, -0.2) is 18.3 Å². The number of fused-ring (bicyclic) bond motifs is 31. The number of hydrogen-bond acceptors (Lipinski definition) is 2. The van der Waals surface area contributed by atoms with Crippen molar-refractivity contribution in [1.29, 1.82) is 0 Å². The van der Waals surface area contributed by atoms with Crippen molar-refractivity contribution >= 4 is 183 Å². The summed E-state index contributed by atoms with van der Waals surface area (Å²) in [5, 5.41) is 29.5. The minimum Gasteiger partial charge on any atom is -0.456 e. The zero-order chi connectivity index (χ0) is 96.6. The molecule has 0 unspecified atom stereocenters. The summed E-state index contributed by atoms with van der Waals surface area (Å²) in [4.78, 5) is 0. The van der Waals surface area contributed by atoms with E-state index in [9.17, 15) is 0 Å². The Kier molecular flexibility index (Phi) is 17.9. The smallest absolute Gasteiger partial charge is 0.135 e. The second kappa shape index (κ2) is 32.1. The van der Waals surface area contributed by atoms with E-state index in [1.54, 1.807) is 0 Å². The fourth-order valence-corrected chi connectivity index (χ4v) is 26.6. The van der Waals surface area contributed by atoms with Gasteiger partial charge in [0.25, 0.3) is 0 Å². The predicted molar refractivity (Wildman–Crippen MR) is 627 cm³/mol. The fourth-order valence-electron chi connectivity index (χ4n) is 25.5. The highest BCUT2D eigenvalue weighted by molar-refractivity contribution is 7.25. The lowest BCUT2D eigenvalue weighted by Crippen LogP contribution is -1.98. The van der Waals surface area contributed by atoms with Crippen molar-refractivity contribution in [2.75, 3.05) is 0 Å². The molecule has 6 aromatic heterocycles. The molecule has 31 aromatic rings. The molecule has 0 amide bonds. The van der Waals surface area contributed by atoms with Gasteiger partial charge in [-0.05, 0) is 287 Å². The van der Waals surface area contributed by atoms with Gasteiger partial charge in [0.15, 0.2) is 0 Å². The summed E-state index contributed by atoms with van der Waals surface area (Å²) in [7, 11) is 0. The predicted octanol–water partition coefficient (Wildman–Crippen LogP) is 39.6. The zero-order valence-corrected chi connectivity index (χ0v) is 80.9. The van der Waals surface area contributed by atoms with E-state index in [0.29, 0.717) is 0 Å². The summed E-state index contributed by atoms with van der Waals surface area (Å²) in [6, 6.07) is 188. The first-order chi connectivity index (χ1) is 73.4. The van der Waals surface area contributed by atoms with Gasteiger partial charge in [0.1, 0.15) is 11.2 Å². The van der Waals surface area contributed by atoms with Gasteiger partial charge in [-0.25, -0.2) is 0 Å². The SMILES string of the molecule is c1ccc(-c2cc(-c3ccccc3)cc(-n3c4c(c5ccc(-c6ccc7oc8ccccc8c7c6)cc53)-c3cccc5cccc-4c35)c2)cc1.c1ccc(-n2c3ccccc3c3cc(-c4ccc5c(c4)c4c(n5-c5ccc6c7ccccc7c7ccccc7c6c5)-c5cccc6cccc-4c56)ccc32)cc1.c1ccc2cc(-n3c4c(c5cc(-c6ccc7sc8ccccc8c7c6)ccc53)-c3cccc5cccc-4c35)ccc2c1. The molecule has 0 N–H and O–H groups in total. The number of nitrogens with zero attached hydrogens (tertiary/aromatic N) is 4. The molecule has 25 aromatic carbocycles. The Labute approximate surface area is 854 Å². The number of aromatic nitrogens is 4. The summed E-state index contributed by atoms with van der Waals surface area (Å²) in [6.45, 7) is 0. The molecule has 3 aliphatic rings. The molecule has 3 aliphatic carbocycles. The highest BCUT2D eigenvalue weighted by Gasteiger charge is 2.35. The van der Waals surface area contributed by atoms with E-state index in [1.165, 1.54) is 290 Å². The van der Waals surface area contributed by atoms with E-state index in [-0.39, 0.29) is 0 Å². The molecule has 5 nitrogen and oxygen atoms in total.